The van der Waals surface area contributed by atoms with E-state index < -0.39 is 0 Å². The molecule has 5 nitrogen and oxygen atoms in total. The number of benzene rings is 3. The van der Waals surface area contributed by atoms with Gasteiger partial charge in [-0.3, -0.25) is 4.57 Å². The number of hydrogen-bond donors (Lipinski definition) is 0. The molecule has 0 aliphatic heterocycles. The Hall–Kier alpha value is -3.32. The Morgan fingerprint density at radius 3 is 2.39 bits per heavy atom. The molecule has 0 atom stereocenters. The van der Waals surface area contributed by atoms with Gasteiger partial charge in [-0.25, -0.2) is 4.39 Å². The van der Waals surface area contributed by atoms with Crippen molar-refractivity contribution < 1.29 is 13.9 Å². The van der Waals surface area contributed by atoms with E-state index in [-0.39, 0.29) is 11.6 Å². The molecule has 0 radical (unpaired) electrons. The highest BCUT2D eigenvalue weighted by atomic mass is 32.2. The second-order valence-corrected chi connectivity index (χ2v) is 8.77. The van der Waals surface area contributed by atoms with E-state index in [0.29, 0.717) is 18.3 Å². The Balaban J connectivity index is 1.64. The summed E-state index contributed by atoms with van der Waals surface area (Å²) >= 11 is 1.53. The molecule has 0 amide bonds. The Bertz CT molecular complexity index is 1210. The first-order chi connectivity index (χ1) is 16.1. The van der Waals surface area contributed by atoms with E-state index in [2.05, 4.69) is 40.7 Å². The molecule has 4 rings (SSSR count). The van der Waals surface area contributed by atoms with Crippen LogP contribution in [0.5, 0.6) is 11.5 Å². The van der Waals surface area contributed by atoms with Gasteiger partial charge in [-0.1, -0.05) is 55.9 Å². The lowest BCUT2D eigenvalue weighted by molar-refractivity contribution is 0.325. The summed E-state index contributed by atoms with van der Waals surface area (Å²) in [6, 6.07) is 22.5. The molecule has 4 aromatic rings. The van der Waals surface area contributed by atoms with Crippen LogP contribution >= 0.6 is 11.8 Å². The van der Waals surface area contributed by atoms with E-state index in [9.17, 15) is 4.39 Å². The van der Waals surface area contributed by atoms with Crippen molar-refractivity contribution in [1.82, 2.24) is 14.8 Å². The number of nitrogens with zero attached hydrogens (tertiary/aromatic N) is 3. The van der Waals surface area contributed by atoms with Crippen molar-refractivity contribution in [2.24, 2.45) is 0 Å². The van der Waals surface area contributed by atoms with Gasteiger partial charge in [0.05, 0.1) is 19.4 Å². The molecule has 7 heteroatoms. The van der Waals surface area contributed by atoms with Gasteiger partial charge < -0.3 is 9.47 Å². The lowest BCUT2D eigenvalue weighted by Crippen LogP contribution is -2.06. The number of methoxy groups -OCH3 is 1. The first-order valence-electron chi connectivity index (χ1n) is 10.8. The van der Waals surface area contributed by atoms with Gasteiger partial charge in [0.15, 0.2) is 22.5 Å². The van der Waals surface area contributed by atoms with Gasteiger partial charge in [-0.15, -0.1) is 10.2 Å². The summed E-state index contributed by atoms with van der Waals surface area (Å²) in [7, 11) is 1.65. The van der Waals surface area contributed by atoms with Crippen LogP contribution in [0, 0.1) is 5.82 Å². The second-order valence-electron chi connectivity index (χ2n) is 7.71. The highest BCUT2D eigenvalue weighted by Gasteiger charge is 2.19. The van der Waals surface area contributed by atoms with Crippen molar-refractivity contribution in [3.63, 3.8) is 0 Å². The molecule has 0 bridgehead atoms. The number of para-hydroxylation sites is 2. The molecular weight excluding hydrogens is 437 g/mol. The smallest absolute Gasteiger partial charge is 0.196 e. The van der Waals surface area contributed by atoms with Crippen molar-refractivity contribution in [3.8, 4) is 28.6 Å². The topological polar surface area (TPSA) is 49.2 Å². The molecule has 0 aliphatic carbocycles. The first-order valence-corrected chi connectivity index (χ1v) is 11.8. The van der Waals surface area contributed by atoms with Gasteiger partial charge in [0.2, 0.25) is 0 Å². The Labute approximate surface area is 197 Å². The molecule has 0 saturated heterocycles. The van der Waals surface area contributed by atoms with Crippen molar-refractivity contribution in [2.75, 3.05) is 19.5 Å². The maximum absolute atomic E-state index is 13.8. The van der Waals surface area contributed by atoms with E-state index in [4.69, 9.17) is 9.47 Å². The van der Waals surface area contributed by atoms with Gasteiger partial charge in [-0.2, -0.15) is 0 Å². The maximum atomic E-state index is 13.8. The largest absolute Gasteiger partial charge is 0.497 e. The predicted molar refractivity (Wildman–Crippen MR) is 130 cm³/mol. The van der Waals surface area contributed by atoms with Gasteiger partial charge in [0.25, 0.3) is 0 Å². The molecule has 170 valence electrons. The monoisotopic (exact) mass is 463 g/mol. The number of rotatable bonds is 9. The maximum Gasteiger partial charge on any atom is 0.196 e. The first kappa shape index (κ1) is 22.9. The number of ether oxygens (including phenoxy) is 2. The van der Waals surface area contributed by atoms with Gasteiger partial charge in [0, 0.05) is 11.3 Å². The Morgan fingerprint density at radius 1 is 0.939 bits per heavy atom. The van der Waals surface area contributed by atoms with Crippen LogP contribution in [0.2, 0.25) is 0 Å². The van der Waals surface area contributed by atoms with Crippen molar-refractivity contribution in [1.29, 1.82) is 0 Å². The van der Waals surface area contributed by atoms with Crippen LogP contribution in [0.1, 0.15) is 25.3 Å². The SMILES string of the molecule is COc1ccc(-c2nnc(SCCOc3ccccc3F)n2-c2ccccc2C(C)C)cc1. The summed E-state index contributed by atoms with van der Waals surface area (Å²) in [5, 5.41) is 9.76. The molecular formula is C26H26FN3O2S. The van der Waals surface area contributed by atoms with E-state index in [1.54, 1.807) is 25.3 Å². The van der Waals surface area contributed by atoms with Gasteiger partial charge in [-0.05, 0) is 53.9 Å². The lowest BCUT2D eigenvalue weighted by Gasteiger charge is -2.17. The van der Waals surface area contributed by atoms with Crippen LogP contribution in [0.4, 0.5) is 4.39 Å². The number of thioether (sulfide) groups is 1. The highest BCUT2D eigenvalue weighted by Crippen LogP contribution is 2.32. The minimum absolute atomic E-state index is 0.253. The summed E-state index contributed by atoms with van der Waals surface area (Å²) in [4.78, 5) is 0. The normalized spacial score (nSPS) is 11.1. The minimum Gasteiger partial charge on any atom is -0.497 e. The van der Waals surface area contributed by atoms with E-state index in [0.717, 1.165) is 28.0 Å². The van der Waals surface area contributed by atoms with Gasteiger partial charge >= 0.3 is 0 Å². The molecule has 0 unspecified atom stereocenters. The number of aromatic nitrogens is 3. The van der Waals surface area contributed by atoms with Crippen molar-refractivity contribution in [2.45, 2.75) is 24.9 Å². The molecule has 0 N–H and O–H groups in total. The zero-order chi connectivity index (χ0) is 23.2. The predicted octanol–water partition coefficient (Wildman–Crippen LogP) is 6.38. The summed E-state index contributed by atoms with van der Waals surface area (Å²) in [5.41, 5.74) is 3.19. The Morgan fingerprint density at radius 2 is 1.67 bits per heavy atom. The zero-order valence-corrected chi connectivity index (χ0v) is 19.7. The summed E-state index contributed by atoms with van der Waals surface area (Å²) in [5.74, 6) is 2.35. The second kappa shape index (κ2) is 10.5. The molecule has 1 aromatic heterocycles. The van der Waals surface area contributed by atoms with Crippen LogP contribution < -0.4 is 9.47 Å². The summed E-state index contributed by atoms with van der Waals surface area (Å²) in [6.07, 6.45) is 0. The fourth-order valence-corrected chi connectivity index (χ4v) is 4.30. The fraction of sp³-hybridized carbons (Fsp3) is 0.231. The van der Waals surface area contributed by atoms with Gasteiger partial charge in [0.1, 0.15) is 5.75 Å². The van der Waals surface area contributed by atoms with E-state index in [1.807, 2.05) is 36.4 Å². The van der Waals surface area contributed by atoms with Crippen molar-refractivity contribution in [3.05, 3.63) is 84.2 Å². The average Bonchev–Trinajstić information content (AvgIpc) is 3.26. The van der Waals surface area contributed by atoms with Crippen LogP contribution in [0.25, 0.3) is 17.1 Å². The standard InChI is InChI=1S/C26H26FN3O2S/c1-18(2)21-8-4-6-10-23(21)30-25(19-12-14-20(31-3)15-13-19)28-29-26(30)33-17-16-32-24-11-7-5-9-22(24)27/h4-15,18H,16-17H2,1-3H3. The van der Waals surface area contributed by atoms with Crippen LogP contribution in [0.15, 0.2) is 78.0 Å². The third-order valence-electron chi connectivity index (χ3n) is 5.19. The highest BCUT2D eigenvalue weighted by molar-refractivity contribution is 7.99. The lowest BCUT2D eigenvalue weighted by atomic mass is 10.0. The molecule has 33 heavy (non-hydrogen) atoms. The quantitative estimate of drug-likeness (QED) is 0.213. The van der Waals surface area contributed by atoms with Crippen LogP contribution in [0.3, 0.4) is 0 Å². The zero-order valence-electron chi connectivity index (χ0n) is 18.9. The molecule has 0 fully saturated rings. The van der Waals surface area contributed by atoms with Crippen LogP contribution in [-0.4, -0.2) is 34.2 Å². The van der Waals surface area contributed by atoms with Crippen LogP contribution in [-0.2, 0) is 0 Å². The van der Waals surface area contributed by atoms with E-state index >= 15 is 0 Å². The molecule has 3 aromatic carbocycles. The third-order valence-corrected chi connectivity index (χ3v) is 6.08. The third kappa shape index (κ3) is 5.20. The summed E-state index contributed by atoms with van der Waals surface area (Å²) in [6.45, 7) is 4.69. The molecule has 1 heterocycles. The summed E-state index contributed by atoms with van der Waals surface area (Å²) < 4.78 is 26.8. The van der Waals surface area contributed by atoms with E-state index in [1.165, 1.54) is 23.4 Å². The van der Waals surface area contributed by atoms with Crippen molar-refractivity contribution >= 4 is 11.8 Å². The molecule has 0 aliphatic rings. The fourth-order valence-electron chi connectivity index (χ4n) is 3.53. The molecule has 0 spiro atoms. The minimum atomic E-state index is -0.363. The number of halogens is 1. The Kier molecular flexibility index (Phi) is 7.29. The number of hydrogen-bond acceptors (Lipinski definition) is 5. The average molecular weight is 464 g/mol. The molecule has 0 saturated carbocycles.